The lowest BCUT2D eigenvalue weighted by Crippen LogP contribution is -2.28. The van der Waals surface area contributed by atoms with Crippen molar-refractivity contribution < 1.29 is 13.2 Å². The number of benzene rings is 1. The van der Waals surface area contributed by atoms with Crippen LogP contribution in [0.1, 0.15) is 0 Å². The largest absolute Gasteiger partial charge is 0.399 e. The van der Waals surface area contributed by atoms with Crippen molar-refractivity contribution in [1.29, 1.82) is 0 Å². The summed E-state index contributed by atoms with van der Waals surface area (Å²) in [5.41, 5.74) is 5.91. The lowest BCUT2D eigenvalue weighted by molar-refractivity contribution is 0.122. The molecule has 3 N–H and O–H groups in total. The van der Waals surface area contributed by atoms with Crippen molar-refractivity contribution in [2.75, 3.05) is 46.1 Å². The maximum absolute atomic E-state index is 12.0. The van der Waals surface area contributed by atoms with Crippen molar-refractivity contribution in [3.05, 3.63) is 23.2 Å². The Hall–Kier alpha value is -0.860. The van der Waals surface area contributed by atoms with Gasteiger partial charge in [-0.05, 0) is 32.3 Å². The Morgan fingerprint density at radius 1 is 1.35 bits per heavy atom. The number of anilines is 1. The Bertz CT molecular complexity index is 535. The number of nitrogen functional groups attached to an aromatic ring is 1. The zero-order chi connectivity index (χ0) is 15.2. The molecule has 0 aliphatic rings. The molecule has 0 aromatic heterocycles. The molecule has 1 aromatic rings. The normalized spacial score (nSPS) is 12.0. The van der Waals surface area contributed by atoms with E-state index in [2.05, 4.69) is 4.72 Å². The fourth-order valence-corrected chi connectivity index (χ4v) is 2.95. The van der Waals surface area contributed by atoms with Gasteiger partial charge in [0, 0.05) is 18.8 Å². The lowest BCUT2D eigenvalue weighted by atomic mass is 10.3. The van der Waals surface area contributed by atoms with Crippen LogP contribution in [-0.2, 0) is 14.8 Å². The Morgan fingerprint density at radius 2 is 2.05 bits per heavy atom. The minimum Gasteiger partial charge on any atom is -0.399 e. The molecule has 8 heteroatoms. The quantitative estimate of drug-likeness (QED) is 0.546. The summed E-state index contributed by atoms with van der Waals surface area (Å²) < 4.78 is 31.8. The molecule has 0 spiro atoms. The Morgan fingerprint density at radius 3 is 2.70 bits per heavy atom. The molecule has 0 fully saturated rings. The van der Waals surface area contributed by atoms with E-state index in [-0.39, 0.29) is 16.5 Å². The monoisotopic (exact) mass is 321 g/mol. The van der Waals surface area contributed by atoms with Crippen LogP contribution in [0, 0.1) is 0 Å². The van der Waals surface area contributed by atoms with Crippen LogP contribution in [0.25, 0.3) is 0 Å². The van der Waals surface area contributed by atoms with Gasteiger partial charge in [0.1, 0.15) is 4.90 Å². The number of nitrogens with one attached hydrogen (secondary N) is 1. The van der Waals surface area contributed by atoms with Crippen molar-refractivity contribution in [2.24, 2.45) is 0 Å². The third-order valence-corrected chi connectivity index (χ3v) is 4.41. The van der Waals surface area contributed by atoms with E-state index in [4.69, 9.17) is 22.1 Å². The van der Waals surface area contributed by atoms with E-state index in [1.165, 1.54) is 12.1 Å². The van der Waals surface area contributed by atoms with Crippen LogP contribution in [0.2, 0.25) is 5.02 Å². The lowest BCUT2D eigenvalue weighted by Gasteiger charge is -2.11. The zero-order valence-electron chi connectivity index (χ0n) is 11.6. The molecule has 0 unspecified atom stereocenters. The minimum atomic E-state index is -3.67. The molecule has 0 aliphatic carbocycles. The molecule has 0 aliphatic heterocycles. The van der Waals surface area contributed by atoms with Crippen molar-refractivity contribution >= 4 is 27.3 Å². The van der Waals surface area contributed by atoms with E-state index in [0.29, 0.717) is 18.9 Å². The first kappa shape index (κ1) is 17.2. The van der Waals surface area contributed by atoms with Crippen LogP contribution in [0.15, 0.2) is 23.1 Å². The van der Waals surface area contributed by atoms with Crippen molar-refractivity contribution in [1.82, 2.24) is 9.62 Å². The van der Waals surface area contributed by atoms with Gasteiger partial charge in [-0.1, -0.05) is 11.6 Å². The summed E-state index contributed by atoms with van der Waals surface area (Å²) in [7, 11) is 0.207. The van der Waals surface area contributed by atoms with Gasteiger partial charge in [-0.3, -0.25) is 0 Å². The molecule has 0 bridgehead atoms. The van der Waals surface area contributed by atoms with E-state index in [1.807, 2.05) is 19.0 Å². The number of likely N-dealkylation sites (N-methyl/N-ethyl adjacent to an activating group) is 1. The highest BCUT2D eigenvalue weighted by molar-refractivity contribution is 7.89. The van der Waals surface area contributed by atoms with Gasteiger partial charge in [-0.15, -0.1) is 0 Å². The number of nitrogens with zero attached hydrogens (tertiary/aromatic N) is 1. The SMILES string of the molecule is CN(C)CCOCCNS(=O)(=O)c1cc(N)ccc1Cl. The van der Waals surface area contributed by atoms with Gasteiger partial charge in [0.15, 0.2) is 0 Å². The third kappa shape index (κ3) is 5.64. The summed E-state index contributed by atoms with van der Waals surface area (Å²) in [4.78, 5) is 1.96. The fraction of sp³-hybridized carbons (Fsp3) is 0.500. The van der Waals surface area contributed by atoms with Crippen LogP contribution in [-0.4, -0.2) is 53.7 Å². The molecule has 6 nitrogen and oxygen atoms in total. The van der Waals surface area contributed by atoms with Crippen LogP contribution in [0.5, 0.6) is 0 Å². The van der Waals surface area contributed by atoms with E-state index in [9.17, 15) is 8.42 Å². The van der Waals surface area contributed by atoms with Crippen molar-refractivity contribution in [3.8, 4) is 0 Å². The molecule has 0 saturated carbocycles. The van der Waals surface area contributed by atoms with Gasteiger partial charge in [0.05, 0.1) is 18.2 Å². The molecule has 0 radical (unpaired) electrons. The smallest absolute Gasteiger partial charge is 0.242 e. The van der Waals surface area contributed by atoms with Crippen LogP contribution in [0.3, 0.4) is 0 Å². The maximum Gasteiger partial charge on any atom is 0.242 e. The van der Waals surface area contributed by atoms with Crippen molar-refractivity contribution in [3.63, 3.8) is 0 Å². The Labute approximate surface area is 124 Å². The summed E-state index contributed by atoms with van der Waals surface area (Å²) in [5.74, 6) is 0. The number of halogens is 1. The first-order valence-corrected chi connectivity index (χ1v) is 7.96. The molecular weight excluding hydrogens is 302 g/mol. The standard InChI is InChI=1S/C12H20ClN3O3S/c1-16(2)6-8-19-7-5-15-20(17,18)12-9-10(14)3-4-11(12)13/h3-4,9,15H,5-8,14H2,1-2H3. The van der Waals surface area contributed by atoms with Crippen LogP contribution >= 0.6 is 11.6 Å². The van der Waals surface area contributed by atoms with Gasteiger partial charge < -0.3 is 15.4 Å². The average molecular weight is 322 g/mol. The maximum atomic E-state index is 12.0. The second kappa shape index (κ2) is 7.80. The Kier molecular flexibility index (Phi) is 6.70. The molecule has 1 rings (SSSR count). The first-order valence-electron chi connectivity index (χ1n) is 6.10. The number of sulfonamides is 1. The molecule has 114 valence electrons. The predicted octanol–water partition coefficient (Wildman–Crippen LogP) is 0.779. The van der Waals surface area contributed by atoms with Crippen LogP contribution < -0.4 is 10.5 Å². The third-order valence-electron chi connectivity index (χ3n) is 2.47. The van der Waals surface area contributed by atoms with E-state index >= 15 is 0 Å². The molecule has 20 heavy (non-hydrogen) atoms. The summed E-state index contributed by atoms with van der Waals surface area (Å²) in [6.45, 7) is 1.81. The zero-order valence-corrected chi connectivity index (χ0v) is 13.2. The second-order valence-electron chi connectivity index (χ2n) is 4.50. The number of hydrogen-bond acceptors (Lipinski definition) is 5. The summed E-state index contributed by atoms with van der Waals surface area (Å²) >= 11 is 5.87. The first-order chi connectivity index (χ1) is 9.33. The second-order valence-corrected chi connectivity index (χ2v) is 6.65. The highest BCUT2D eigenvalue weighted by Gasteiger charge is 2.17. The molecular formula is C12H20ClN3O3S. The van der Waals surface area contributed by atoms with E-state index in [0.717, 1.165) is 6.54 Å². The summed E-state index contributed by atoms with van der Waals surface area (Å²) in [6.07, 6.45) is 0. The number of hydrogen-bond donors (Lipinski definition) is 2. The predicted molar refractivity (Wildman–Crippen MR) is 80.4 cm³/mol. The minimum absolute atomic E-state index is 0.0209. The molecule has 0 heterocycles. The Balaban J connectivity index is 2.48. The van der Waals surface area contributed by atoms with Gasteiger partial charge in [-0.2, -0.15) is 0 Å². The summed E-state index contributed by atoms with van der Waals surface area (Å²) in [6, 6.07) is 4.34. The van der Waals surface area contributed by atoms with Gasteiger partial charge >= 0.3 is 0 Å². The highest BCUT2D eigenvalue weighted by Crippen LogP contribution is 2.23. The average Bonchev–Trinajstić information content (AvgIpc) is 2.36. The van der Waals surface area contributed by atoms with Crippen molar-refractivity contribution in [2.45, 2.75) is 4.90 Å². The molecule has 0 amide bonds. The molecule has 0 saturated heterocycles. The topological polar surface area (TPSA) is 84.7 Å². The number of rotatable bonds is 8. The number of ether oxygens (including phenoxy) is 1. The summed E-state index contributed by atoms with van der Waals surface area (Å²) in [5, 5.41) is 0.139. The van der Waals surface area contributed by atoms with Gasteiger partial charge in [0.25, 0.3) is 0 Å². The van der Waals surface area contributed by atoms with Crippen LogP contribution in [0.4, 0.5) is 5.69 Å². The van der Waals surface area contributed by atoms with E-state index in [1.54, 1.807) is 6.07 Å². The van der Waals surface area contributed by atoms with Gasteiger partial charge in [0.2, 0.25) is 10.0 Å². The molecule has 1 aromatic carbocycles. The number of nitrogens with two attached hydrogens (primary N) is 1. The highest BCUT2D eigenvalue weighted by atomic mass is 35.5. The molecule has 0 atom stereocenters. The van der Waals surface area contributed by atoms with E-state index < -0.39 is 10.0 Å². The van der Waals surface area contributed by atoms with Gasteiger partial charge in [-0.25, -0.2) is 13.1 Å². The fourth-order valence-electron chi connectivity index (χ4n) is 1.40.